The lowest BCUT2D eigenvalue weighted by atomic mass is 9.81. The van der Waals surface area contributed by atoms with Crippen LogP contribution in [0.4, 0.5) is 0 Å². The Bertz CT molecular complexity index is 719. The van der Waals surface area contributed by atoms with Crippen LogP contribution in [-0.4, -0.2) is 30.9 Å². The second-order valence-corrected chi connectivity index (χ2v) is 7.64. The van der Waals surface area contributed by atoms with Gasteiger partial charge in [0.15, 0.2) is 0 Å². The number of nitrogens with zero attached hydrogens (tertiary/aromatic N) is 1. The smallest absolute Gasteiger partial charge is 0.253 e. The zero-order chi connectivity index (χ0) is 18.5. The molecule has 0 saturated heterocycles. The van der Waals surface area contributed by atoms with Gasteiger partial charge in [-0.1, -0.05) is 35.9 Å². The summed E-state index contributed by atoms with van der Waals surface area (Å²) < 4.78 is 0. The fourth-order valence-electron chi connectivity index (χ4n) is 3.87. The van der Waals surface area contributed by atoms with E-state index in [-0.39, 0.29) is 5.91 Å². The Kier molecular flexibility index (Phi) is 6.33. The highest BCUT2D eigenvalue weighted by Gasteiger charge is 2.27. The molecule has 1 amide bonds. The molecular formula is C22H27ClN2O. The average molecular weight is 371 g/mol. The molecule has 1 aliphatic carbocycles. The summed E-state index contributed by atoms with van der Waals surface area (Å²) in [5.74, 6) is 0.690. The highest BCUT2D eigenvalue weighted by Crippen LogP contribution is 2.35. The number of hydrogen-bond donors (Lipinski definition) is 1. The van der Waals surface area contributed by atoms with Crippen LogP contribution in [0.3, 0.4) is 0 Å². The van der Waals surface area contributed by atoms with Gasteiger partial charge in [-0.05, 0) is 74.0 Å². The molecule has 0 unspecified atom stereocenters. The Labute approximate surface area is 161 Å². The van der Waals surface area contributed by atoms with E-state index < -0.39 is 0 Å². The van der Waals surface area contributed by atoms with E-state index >= 15 is 0 Å². The molecule has 2 aromatic rings. The van der Waals surface area contributed by atoms with Gasteiger partial charge in [0.05, 0.1) is 0 Å². The highest BCUT2D eigenvalue weighted by atomic mass is 35.5. The van der Waals surface area contributed by atoms with Crippen LogP contribution in [0.1, 0.15) is 53.1 Å². The lowest BCUT2D eigenvalue weighted by molar-refractivity contribution is 0.0689. The lowest BCUT2D eigenvalue weighted by Gasteiger charge is -2.35. The zero-order valence-corrected chi connectivity index (χ0v) is 16.3. The maximum Gasteiger partial charge on any atom is 0.253 e. The van der Waals surface area contributed by atoms with Gasteiger partial charge in [0.1, 0.15) is 0 Å². The van der Waals surface area contributed by atoms with Crippen molar-refractivity contribution in [3.8, 4) is 0 Å². The first-order chi connectivity index (χ1) is 12.6. The second kappa shape index (κ2) is 8.70. The molecule has 1 saturated carbocycles. The van der Waals surface area contributed by atoms with Crippen molar-refractivity contribution in [2.24, 2.45) is 0 Å². The third-order valence-corrected chi connectivity index (χ3v) is 5.74. The molecule has 4 heteroatoms. The second-order valence-electron chi connectivity index (χ2n) is 7.20. The van der Waals surface area contributed by atoms with Crippen LogP contribution in [0.15, 0.2) is 48.5 Å². The number of carbonyl (C=O) groups is 1. The molecule has 0 spiro atoms. The predicted molar refractivity (Wildman–Crippen MR) is 108 cm³/mol. The standard InChI is InChI=1S/C22H27ClN2O/c1-24-15-16-3-5-17(6-4-16)18-9-13-21(14-10-18)25(2)22(26)19-7-11-20(23)12-8-19/h3-8,11-12,18,21,24H,9-10,13-15H2,1-2H3. The van der Waals surface area contributed by atoms with Gasteiger partial charge in [-0.2, -0.15) is 0 Å². The van der Waals surface area contributed by atoms with E-state index in [0.29, 0.717) is 22.5 Å². The summed E-state index contributed by atoms with van der Waals surface area (Å²) in [7, 11) is 3.89. The van der Waals surface area contributed by atoms with Gasteiger partial charge in [0.25, 0.3) is 5.91 Å². The van der Waals surface area contributed by atoms with Gasteiger partial charge >= 0.3 is 0 Å². The maximum absolute atomic E-state index is 12.7. The fraction of sp³-hybridized carbons (Fsp3) is 0.409. The summed E-state index contributed by atoms with van der Waals surface area (Å²) in [6, 6.07) is 16.4. The topological polar surface area (TPSA) is 32.3 Å². The van der Waals surface area contributed by atoms with Crippen molar-refractivity contribution in [3.05, 3.63) is 70.2 Å². The van der Waals surface area contributed by atoms with Crippen LogP contribution < -0.4 is 5.32 Å². The van der Waals surface area contributed by atoms with Crippen LogP contribution in [0, 0.1) is 0 Å². The number of halogens is 1. The minimum Gasteiger partial charge on any atom is -0.339 e. The first-order valence-corrected chi connectivity index (χ1v) is 9.72. The molecule has 2 aromatic carbocycles. The number of amides is 1. The van der Waals surface area contributed by atoms with Gasteiger partial charge in [0, 0.05) is 30.2 Å². The van der Waals surface area contributed by atoms with Crippen LogP contribution in [-0.2, 0) is 6.54 Å². The van der Waals surface area contributed by atoms with E-state index in [4.69, 9.17) is 11.6 Å². The van der Waals surface area contributed by atoms with E-state index in [2.05, 4.69) is 29.6 Å². The van der Waals surface area contributed by atoms with Gasteiger partial charge in [-0.25, -0.2) is 0 Å². The number of rotatable bonds is 5. The molecule has 138 valence electrons. The Hall–Kier alpha value is -1.84. The molecule has 1 N–H and O–H groups in total. The van der Waals surface area contributed by atoms with Crippen molar-refractivity contribution < 1.29 is 4.79 Å². The van der Waals surface area contributed by atoms with Crippen LogP contribution in [0.2, 0.25) is 5.02 Å². The van der Waals surface area contributed by atoms with Crippen LogP contribution in [0.25, 0.3) is 0 Å². The van der Waals surface area contributed by atoms with Crippen molar-refractivity contribution >= 4 is 17.5 Å². The van der Waals surface area contributed by atoms with Gasteiger partial charge < -0.3 is 10.2 Å². The number of nitrogens with one attached hydrogen (secondary N) is 1. The largest absolute Gasteiger partial charge is 0.339 e. The predicted octanol–water partition coefficient (Wildman–Crippen LogP) is 4.86. The van der Waals surface area contributed by atoms with Crippen molar-refractivity contribution in [1.29, 1.82) is 0 Å². The molecule has 3 nitrogen and oxygen atoms in total. The Morgan fingerprint density at radius 3 is 2.23 bits per heavy atom. The third kappa shape index (κ3) is 4.46. The fourth-order valence-corrected chi connectivity index (χ4v) is 4.00. The first kappa shape index (κ1) is 18.9. The Morgan fingerprint density at radius 2 is 1.65 bits per heavy atom. The monoisotopic (exact) mass is 370 g/mol. The minimum absolute atomic E-state index is 0.0848. The van der Waals surface area contributed by atoms with Crippen molar-refractivity contribution in [2.75, 3.05) is 14.1 Å². The van der Waals surface area contributed by atoms with Crippen LogP contribution in [0.5, 0.6) is 0 Å². The molecule has 3 rings (SSSR count). The van der Waals surface area contributed by atoms with Crippen molar-refractivity contribution in [3.63, 3.8) is 0 Å². The first-order valence-electron chi connectivity index (χ1n) is 9.34. The summed E-state index contributed by atoms with van der Waals surface area (Å²) in [6.07, 6.45) is 4.38. The molecular weight excluding hydrogens is 344 g/mol. The van der Waals surface area contributed by atoms with Crippen LogP contribution >= 0.6 is 11.6 Å². The van der Waals surface area contributed by atoms with Crippen molar-refractivity contribution in [2.45, 2.75) is 44.2 Å². The minimum atomic E-state index is 0.0848. The molecule has 0 radical (unpaired) electrons. The summed E-state index contributed by atoms with van der Waals surface area (Å²) in [4.78, 5) is 14.6. The molecule has 0 aliphatic heterocycles. The van der Waals surface area contributed by atoms with Gasteiger partial charge in [-0.3, -0.25) is 4.79 Å². The number of carbonyl (C=O) groups excluding carboxylic acids is 1. The van der Waals surface area contributed by atoms with Gasteiger partial charge in [-0.15, -0.1) is 0 Å². The summed E-state index contributed by atoms with van der Waals surface area (Å²) in [5.41, 5.74) is 3.45. The summed E-state index contributed by atoms with van der Waals surface area (Å²) >= 11 is 5.92. The molecule has 0 bridgehead atoms. The lowest BCUT2D eigenvalue weighted by Crippen LogP contribution is -2.39. The Morgan fingerprint density at radius 1 is 1.04 bits per heavy atom. The molecule has 0 aromatic heterocycles. The number of hydrogen-bond acceptors (Lipinski definition) is 2. The molecule has 26 heavy (non-hydrogen) atoms. The van der Waals surface area contributed by atoms with E-state index in [1.165, 1.54) is 11.1 Å². The molecule has 1 aliphatic rings. The quantitative estimate of drug-likeness (QED) is 0.815. The molecule has 0 atom stereocenters. The molecule has 1 fully saturated rings. The highest BCUT2D eigenvalue weighted by molar-refractivity contribution is 6.30. The van der Waals surface area contributed by atoms with Gasteiger partial charge in [0.2, 0.25) is 0 Å². The third-order valence-electron chi connectivity index (χ3n) is 5.49. The van der Waals surface area contributed by atoms with Crippen molar-refractivity contribution in [1.82, 2.24) is 10.2 Å². The zero-order valence-electron chi connectivity index (χ0n) is 15.5. The van der Waals surface area contributed by atoms with E-state index in [9.17, 15) is 4.79 Å². The SMILES string of the molecule is CNCc1ccc(C2CCC(N(C)C(=O)c3ccc(Cl)cc3)CC2)cc1. The van der Waals surface area contributed by atoms with E-state index in [1.54, 1.807) is 24.3 Å². The maximum atomic E-state index is 12.7. The normalized spacial score (nSPS) is 20.0. The Balaban J connectivity index is 1.57. The van der Waals surface area contributed by atoms with E-state index in [1.807, 2.05) is 19.0 Å². The summed E-state index contributed by atoms with van der Waals surface area (Å²) in [6.45, 7) is 0.907. The van der Waals surface area contributed by atoms with E-state index in [0.717, 1.165) is 32.2 Å². The summed E-state index contributed by atoms with van der Waals surface area (Å²) in [5, 5.41) is 3.84. The average Bonchev–Trinajstić information content (AvgIpc) is 2.68. The number of benzene rings is 2. The molecule has 0 heterocycles.